The standard InChI is InChI=1S/C14H19N3/c1-9-6-5-7-10-11(17-15)8-12(14(2,3)4)16-13(9)10/h5-8H,15H2,1-4H3,(H,16,17). The Morgan fingerprint density at radius 3 is 2.53 bits per heavy atom. The highest BCUT2D eigenvalue weighted by Crippen LogP contribution is 2.29. The van der Waals surface area contributed by atoms with Crippen molar-refractivity contribution in [2.45, 2.75) is 33.1 Å². The van der Waals surface area contributed by atoms with Crippen LogP contribution in [0.15, 0.2) is 24.3 Å². The fourth-order valence-corrected chi connectivity index (χ4v) is 1.90. The van der Waals surface area contributed by atoms with Crippen molar-refractivity contribution in [3.63, 3.8) is 0 Å². The molecule has 0 aliphatic heterocycles. The number of anilines is 1. The summed E-state index contributed by atoms with van der Waals surface area (Å²) < 4.78 is 0. The summed E-state index contributed by atoms with van der Waals surface area (Å²) >= 11 is 0. The first kappa shape index (κ1) is 11.9. The number of rotatable bonds is 1. The maximum absolute atomic E-state index is 5.60. The second kappa shape index (κ2) is 4.00. The summed E-state index contributed by atoms with van der Waals surface area (Å²) in [6.45, 7) is 8.53. The zero-order valence-corrected chi connectivity index (χ0v) is 10.8. The van der Waals surface area contributed by atoms with Crippen molar-refractivity contribution >= 4 is 16.6 Å². The first-order valence-electron chi connectivity index (χ1n) is 5.81. The number of aryl methyl sites for hydroxylation is 1. The van der Waals surface area contributed by atoms with E-state index in [-0.39, 0.29) is 5.41 Å². The minimum Gasteiger partial charge on any atom is -0.323 e. The van der Waals surface area contributed by atoms with Gasteiger partial charge in [-0.1, -0.05) is 39.0 Å². The van der Waals surface area contributed by atoms with Gasteiger partial charge in [0.25, 0.3) is 0 Å². The monoisotopic (exact) mass is 229 g/mol. The summed E-state index contributed by atoms with van der Waals surface area (Å²) in [5, 5.41) is 1.07. The van der Waals surface area contributed by atoms with Crippen molar-refractivity contribution in [2.24, 2.45) is 5.84 Å². The number of para-hydroxylation sites is 1. The number of nitrogens with zero attached hydrogens (tertiary/aromatic N) is 1. The van der Waals surface area contributed by atoms with E-state index >= 15 is 0 Å². The van der Waals surface area contributed by atoms with Crippen molar-refractivity contribution < 1.29 is 0 Å². The van der Waals surface area contributed by atoms with Gasteiger partial charge in [-0.2, -0.15) is 0 Å². The van der Waals surface area contributed by atoms with E-state index in [0.29, 0.717) is 0 Å². The molecule has 3 nitrogen and oxygen atoms in total. The van der Waals surface area contributed by atoms with Crippen molar-refractivity contribution in [3.05, 3.63) is 35.5 Å². The molecule has 0 saturated carbocycles. The molecule has 0 spiro atoms. The molecule has 90 valence electrons. The molecule has 0 atom stereocenters. The lowest BCUT2D eigenvalue weighted by atomic mass is 9.90. The van der Waals surface area contributed by atoms with Gasteiger partial charge in [-0.15, -0.1) is 0 Å². The highest BCUT2D eigenvalue weighted by atomic mass is 15.2. The van der Waals surface area contributed by atoms with Crippen LogP contribution in [0, 0.1) is 6.92 Å². The Labute approximate surface area is 102 Å². The maximum Gasteiger partial charge on any atom is 0.0755 e. The summed E-state index contributed by atoms with van der Waals surface area (Å²) in [4.78, 5) is 4.76. The third-order valence-corrected chi connectivity index (χ3v) is 2.97. The average Bonchev–Trinajstić information content (AvgIpc) is 2.27. The summed E-state index contributed by atoms with van der Waals surface area (Å²) in [6.07, 6.45) is 0. The van der Waals surface area contributed by atoms with Crippen molar-refractivity contribution in [1.82, 2.24) is 4.98 Å². The third-order valence-electron chi connectivity index (χ3n) is 2.97. The minimum atomic E-state index is 0.0159. The highest BCUT2D eigenvalue weighted by molar-refractivity contribution is 5.93. The quantitative estimate of drug-likeness (QED) is 0.583. The molecule has 0 aliphatic carbocycles. The lowest BCUT2D eigenvalue weighted by Crippen LogP contribution is -2.16. The number of pyridine rings is 1. The van der Waals surface area contributed by atoms with E-state index in [0.717, 1.165) is 22.3 Å². The number of benzene rings is 1. The molecule has 1 heterocycles. The molecular weight excluding hydrogens is 210 g/mol. The van der Waals surface area contributed by atoms with Gasteiger partial charge in [-0.05, 0) is 18.6 Å². The lowest BCUT2D eigenvalue weighted by molar-refractivity contribution is 0.571. The largest absolute Gasteiger partial charge is 0.323 e. The highest BCUT2D eigenvalue weighted by Gasteiger charge is 2.18. The fraction of sp³-hybridized carbons (Fsp3) is 0.357. The van der Waals surface area contributed by atoms with Gasteiger partial charge in [0.1, 0.15) is 0 Å². The van der Waals surface area contributed by atoms with E-state index in [9.17, 15) is 0 Å². The normalized spacial score (nSPS) is 11.8. The van der Waals surface area contributed by atoms with Crippen LogP contribution in [0.1, 0.15) is 32.0 Å². The molecule has 2 aromatic rings. The van der Waals surface area contributed by atoms with Crippen LogP contribution in [0.4, 0.5) is 5.69 Å². The van der Waals surface area contributed by atoms with Gasteiger partial charge in [0.2, 0.25) is 0 Å². The van der Waals surface area contributed by atoms with Gasteiger partial charge in [0.05, 0.1) is 11.2 Å². The van der Waals surface area contributed by atoms with Crippen LogP contribution in [-0.4, -0.2) is 4.98 Å². The van der Waals surface area contributed by atoms with Crippen molar-refractivity contribution in [3.8, 4) is 0 Å². The molecule has 0 radical (unpaired) electrons. The fourth-order valence-electron chi connectivity index (χ4n) is 1.90. The molecule has 3 N–H and O–H groups in total. The van der Waals surface area contributed by atoms with Crippen LogP contribution in [0.5, 0.6) is 0 Å². The van der Waals surface area contributed by atoms with Crippen molar-refractivity contribution in [2.75, 3.05) is 5.43 Å². The number of hydrogen-bond donors (Lipinski definition) is 2. The second-order valence-corrected chi connectivity index (χ2v) is 5.42. The number of hydrogen-bond acceptors (Lipinski definition) is 3. The van der Waals surface area contributed by atoms with Gasteiger partial charge in [-0.3, -0.25) is 10.8 Å². The van der Waals surface area contributed by atoms with Crippen LogP contribution in [0.3, 0.4) is 0 Å². The summed E-state index contributed by atoms with van der Waals surface area (Å²) in [5.74, 6) is 5.60. The number of nitrogen functional groups attached to an aromatic ring is 1. The van der Waals surface area contributed by atoms with E-state index in [4.69, 9.17) is 10.8 Å². The van der Waals surface area contributed by atoms with Crippen molar-refractivity contribution in [1.29, 1.82) is 0 Å². The third kappa shape index (κ3) is 2.11. The minimum absolute atomic E-state index is 0.0159. The molecule has 0 fully saturated rings. The first-order valence-corrected chi connectivity index (χ1v) is 5.81. The Hall–Kier alpha value is -1.61. The van der Waals surface area contributed by atoms with E-state index in [2.05, 4.69) is 39.2 Å². The molecule has 0 aliphatic rings. The first-order chi connectivity index (χ1) is 7.93. The number of aromatic nitrogens is 1. The number of hydrazine groups is 1. The van der Waals surface area contributed by atoms with Gasteiger partial charge < -0.3 is 5.43 Å². The van der Waals surface area contributed by atoms with E-state index in [1.54, 1.807) is 0 Å². The molecule has 0 bridgehead atoms. The van der Waals surface area contributed by atoms with Gasteiger partial charge in [0.15, 0.2) is 0 Å². The molecule has 1 aromatic heterocycles. The van der Waals surface area contributed by atoms with Crippen LogP contribution in [0.25, 0.3) is 10.9 Å². The smallest absolute Gasteiger partial charge is 0.0755 e. The van der Waals surface area contributed by atoms with Gasteiger partial charge in [-0.25, -0.2) is 0 Å². The predicted molar refractivity (Wildman–Crippen MR) is 73.0 cm³/mol. The topological polar surface area (TPSA) is 50.9 Å². The summed E-state index contributed by atoms with van der Waals surface area (Å²) in [5.41, 5.74) is 6.96. The maximum atomic E-state index is 5.60. The van der Waals surface area contributed by atoms with E-state index in [1.807, 2.05) is 18.2 Å². The summed E-state index contributed by atoms with van der Waals surface area (Å²) in [6, 6.07) is 8.16. The Morgan fingerprint density at radius 1 is 1.24 bits per heavy atom. The number of nitrogens with two attached hydrogens (primary N) is 1. The Kier molecular flexibility index (Phi) is 2.79. The van der Waals surface area contributed by atoms with Crippen LogP contribution in [-0.2, 0) is 5.41 Å². The Morgan fingerprint density at radius 2 is 1.94 bits per heavy atom. The molecule has 0 saturated heterocycles. The summed E-state index contributed by atoms with van der Waals surface area (Å²) in [7, 11) is 0. The Bertz CT molecular complexity index is 553. The molecule has 3 heteroatoms. The molecular formula is C14H19N3. The molecule has 1 aromatic carbocycles. The zero-order valence-electron chi connectivity index (χ0n) is 10.8. The molecule has 0 unspecified atom stereocenters. The Balaban J connectivity index is 2.81. The predicted octanol–water partition coefficient (Wildman–Crippen LogP) is 3.13. The van der Waals surface area contributed by atoms with Crippen LogP contribution in [0.2, 0.25) is 0 Å². The van der Waals surface area contributed by atoms with Gasteiger partial charge in [0, 0.05) is 16.5 Å². The van der Waals surface area contributed by atoms with Crippen LogP contribution < -0.4 is 11.3 Å². The lowest BCUT2D eigenvalue weighted by Gasteiger charge is -2.20. The van der Waals surface area contributed by atoms with E-state index in [1.165, 1.54) is 5.56 Å². The number of nitrogens with one attached hydrogen (secondary N) is 1. The zero-order chi connectivity index (χ0) is 12.6. The van der Waals surface area contributed by atoms with E-state index < -0.39 is 0 Å². The average molecular weight is 229 g/mol. The molecule has 2 rings (SSSR count). The SMILES string of the molecule is Cc1cccc2c(NN)cc(C(C)(C)C)nc12. The second-order valence-electron chi connectivity index (χ2n) is 5.42. The van der Waals surface area contributed by atoms with Gasteiger partial charge >= 0.3 is 0 Å². The molecule has 0 amide bonds. The van der Waals surface area contributed by atoms with Crippen LogP contribution >= 0.6 is 0 Å². The number of fused-ring (bicyclic) bond motifs is 1. The molecule has 17 heavy (non-hydrogen) atoms.